The molecule has 1 atom stereocenters. The van der Waals surface area contributed by atoms with Crippen molar-refractivity contribution in [1.29, 1.82) is 0 Å². The molecular weight excluding hydrogens is 328 g/mol. The molecule has 1 aliphatic carbocycles. The largest absolute Gasteiger partial charge is 0.496 e. The van der Waals surface area contributed by atoms with Gasteiger partial charge in [-0.15, -0.1) is 0 Å². The number of pyridine rings is 1. The second-order valence-electron chi connectivity index (χ2n) is 6.25. The van der Waals surface area contributed by atoms with Crippen LogP contribution in [0.3, 0.4) is 0 Å². The molecule has 0 saturated carbocycles. The molecule has 0 spiro atoms. The number of rotatable bonds is 5. The Hall–Kier alpha value is -2.99. The summed E-state index contributed by atoms with van der Waals surface area (Å²) in [6, 6.07) is 12.0. The van der Waals surface area contributed by atoms with Gasteiger partial charge < -0.3 is 9.26 Å². The van der Waals surface area contributed by atoms with Crippen molar-refractivity contribution in [1.82, 2.24) is 20.4 Å². The Morgan fingerprint density at radius 1 is 1.23 bits per heavy atom. The van der Waals surface area contributed by atoms with Gasteiger partial charge in [0.25, 0.3) is 0 Å². The highest BCUT2D eigenvalue weighted by atomic mass is 16.5. The molecule has 6 heteroatoms. The standard InChI is InChI=1S/C20H20N4O2/c1-14-23-19(24-26-14)20(11-5-9-17-16(20)8-6-12-21-17)22-13-15-7-3-4-10-18(15)25-2/h3-10,12,22H,11,13H2,1-2H3. The Kier molecular flexibility index (Phi) is 4.26. The Morgan fingerprint density at radius 3 is 2.92 bits per heavy atom. The van der Waals surface area contributed by atoms with Crippen LogP contribution in [0.1, 0.15) is 35.0 Å². The van der Waals surface area contributed by atoms with E-state index in [0.717, 1.165) is 22.6 Å². The number of methoxy groups -OCH3 is 1. The molecule has 1 aliphatic rings. The Bertz CT molecular complexity index is 950. The predicted molar refractivity (Wildman–Crippen MR) is 97.5 cm³/mol. The molecule has 0 saturated heterocycles. The fourth-order valence-corrected chi connectivity index (χ4v) is 3.39. The van der Waals surface area contributed by atoms with E-state index in [4.69, 9.17) is 9.26 Å². The van der Waals surface area contributed by atoms with Gasteiger partial charge >= 0.3 is 0 Å². The number of benzene rings is 1. The molecule has 1 N–H and O–H groups in total. The second kappa shape index (κ2) is 6.72. The van der Waals surface area contributed by atoms with Crippen molar-refractivity contribution in [2.45, 2.75) is 25.4 Å². The molecule has 0 amide bonds. The van der Waals surface area contributed by atoms with Crippen molar-refractivity contribution in [3.8, 4) is 5.75 Å². The maximum absolute atomic E-state index is 5.48. The van der Waals surface area contributed by atoms with Gasteiger partial charge in [-0.3, -0.25) is 10.3 Å². The predicted octanol–water partition coefficient (Wildman–Crippen LogP) is 3.23. The number of para-hydroxylation sites is 1. The van der Waals surface area contributed by atoms with Crippen LogP contribution in [-0.4, -0.2) is 22.2 Å². The van der Waals surface area contributed by atoms with Gasteiger partial charge in [-0.1, -0.05) is 35.5 Å². The first-order valence-electron chi connectivity index (χ1n) is 8.53. The molecule has 3 aromatic rings. The molecule has 2 aromatic heterocycles. The summed E-state index contributed by atoms with van der Waals surface area (Å²) >= 11 is 0. The molecule has 6 nitrogen and oxygen atoms in total. The average molecular weight is 348 g/mol. The van der Waals surface area contributed by atoms with Crippen LogP contribution in [-0.2, 0) is 12.1 Å². The summed E-state index contributed by atoms with van der Waals surface area (Å²) in [4.78, 5) is 9.02. The molecule has 0 fully saturated rings. The van der Waals surface area contributed by atoms with E-state index < -0.39 is 5.54 Å². The first kappa shape index (κ1) is 16.5. The normalized spacial score (nSPS) is 18.5. The zero-order valence-electron chi connectivity index (χ0n) is 14.8. The lowest BCUT2D eigenvalue weighted by atomic mass is 9.81. The van der Waals surface area contributed by atoms with E-state index in [-0.39, 0.29) is 0 Å². The van der Waals surface area contributed by atoms with Gasteiger partial charge in [-0.2, -0.15) is 4.98 Å². The quantitative estimate of drug-likeness (QED) is 0.763. The second-order valence-corrected chi connectivity index (χ2v) is 6.25. The number of hydrogen-bond donors (Lipinski definition) is 1. The van der Waals surface area contributed by atoms with Crippen LogP contribution in [0.2, 0.25) is 0 Å². The van der Waals surface area contributed by atoms with Gasteiger partial charge in [0.2, 0.25) is 5.89 Å². The van der Waals surface area contributed by atoms with Crippen molar-refractivity contribution in [2.24, 2.45) is 0 Å². The van der Waals surface area contributed by atoms with E-state index in [9.17, 15) is 0 Å². The Morgan fingerprint density at radius 2 is 2.12 bits per heavy atom. The molecule has 0 bridgehead atoms. The minimum atomic E-state index is -0.600. The lowest BCUT2D eigenvalue weighted by molar-refractivity contribution is 0.333. The number of aromatic nitrogens is 3. The first-order valence-corrected chi connectivity index (χ1v) is 8.53. The lowest BCUT2D eigenvalue weighted by Gasteiger charge is -2.34. The summed E-state index contributed by atoms with van der Waals surface area (Å²) in [6.07, 6.45) is 6.63. The Labute approximate surface area is 151 Å². The summed E-state index contributed by atoms with van der Waals surface area (Å²) in [7, 11) is 1.68. The van der Waals surface area contributed by atoms with E-state index in [0.29, 0.717) is 24.7 Å². The summed E-state index contributed by atoms with van der Waals surface area (Å²) in [5.41, 5.74) is 2.42. The van der Waals surface area contributed by atoms with E-state index in [1.54, 1.807) is 20.2 Å². The molecular formula is C20H20N4O2. The first-order chi connectivity index (χ1) is 12.7. The highest BCUT2D eigenvalue weighted by Crippen LogP contribution is 2.37. The minimum Gasteiger partial charge on any atom is -0.496 e. The summed E-state index contributed by atoms with van der Waals surface area (Å²) in [5.74, 6) is 2.00. The fraction of sp³-hybridized carbons (Fsp3) is 0.250. The molecule has 0 radical (unpaired) electrons. The maximum atomic E-state index is 5.48. The van der Waals surface area contributed by atoms with Crippen molar-refractivity contribution in [3.63, 3.8) is 0 Å². The lowest BCUT2D eigenvalue weighted by Crippen LogP contribution is -2.45. The fourth-order valence-electron chi connectivity index (χ4n) is 3.39. The Balaban J connectivity index is 1.77. The SMILES string of the molecule is COc1ccccc1CNC1(c2noc(C)n2)CC=Cc2ncccc21. The van der Waals surface area contributed by atoms with Crippen LogP contribution in [0, 0.1) is 6.92 Å². The molecule has 132 valence electrons. The van der Waals surface area contributed by atoms with Crippen LogP contribution in [0.15, 0.2) is 53.2 Å². The van der Waals surface area contributed by atoms with E-state index in [2.05, 4.69) is 32.6 Å². The zero-order valence-corrected chi connectivity index (χ0v) is 14.8. The van der Waals surface area contributed by atoms with Gasteiger partial charge in [-0.05, 0) is 24.6 Å². The smallest absolute Gasteiger partial charge is 0.223 e. The third-order valence-electron chi connectivity index (χ3n) is 4.68. The van der Waals surface area contributed by atoms with Crippen LogP contribution in [0.25, 0.3) is 6.08 Å². The van der Waals surface area contributed by atoms with Crippen molar-refractivity contribution >= 4 is 6.08 Å². The number of nitrogens with zero attached hydrogens (tertiary/aromatic N) is 3. The molecule has 1 aromatic carbocycles. The average Bonchev–Trinajstić information content (AvgIpc) is 3.13. The molecule has 4 rings (SSSR count). The maximum Gasteiger partial charge on any atom is 0.223 e. The number of aryl methyl sites for hydroxylation is 1. The van der Waals surface area contributed by atoms with Gasteiger partial charge in [0.1, 0.15) is 11.3 Å². The van der Waals surface area contributed by atoms with Crippen LogP contribution >= 0.6 is 0 Å². The van der Waals surface area contributed by atoms with Crippen LogP contribution in [0.4, 0.5) is 0 Å². The number of hydrogen-bond acceptors (Lipinski definition) is 6. The summed E-state index contributed by atoms with van der Waals surface area (Å²) in [6.45, 7) is 2.40. The van der Waals surface area contributed by atoms with E-state index in [1.807, 2.05) is 36.4 Å². The van der Waals surface area contributed by atoms with Crippen molar-refractivity contribution in [2.75, 3.05) is 7.11 Å². The van der Waals surface area contributed by atoms with Crippen LogP contribution in [0.5, 0.6) is 5.75 Å². The van der Waals surface area contributed by atoms with Crippen molar-refractivity contribution < 1.29 is 9.26 Å². The third kappa shape index (κ3) is 2.78. The number of nitrogens with one attached hydrogen (secondary N) is 1. The summed E-state index contributed by atoms with van der Waals surface area (Å²) in [5, 5.41) is 7.88. The highest BCUT2D eigenvalue weighted by molar-refractivity contribution is 5.57. The molecule has 1 unspecified atom stereocenters. The minimum absolute atomic E-state index is 0.540. The van der Waals surface area contributed by atoms with Gasteiger partial charge in [0.05, 0.1) is 12.8 Å². The van der Waals surface area contributed by atoms with E-state index >= 15 is 0 Å². The monoisotopic (exact) mass is 348 g/mol. The number of fused-ring (bicyclic) bond motifs is 1. The zero-order chi connectivity index (χ0) is 18.0. The molecule has 2 heterocycles. The van der Waals surface area contributed by atoms with Crippen LogP contribution < -0.4 is 10.1 Å². The number of ether oxygens (including phenoxy) is 1. The highest BCUT2D eigenvalue weighted by Gasteiger charge is 2.41. The molecule has 26 heavy (non-hydrogen) atoms. The van der Waals surface area contributed by atoms with E-state index in [1.165, 1.54) is 0 Å². The van der Waals surface area contributed by atoms with Gasteiger partial charge in [0.15, 0.2) is 5.82 Å². The van der Waals surface area contributed by atoms with Gasteiger partial charge in [0, 0.05) is 30.8 Å². The topological polar surface area (TPSA) is 73.1 Å². The van der Waals surface area contributed by atoms with Gasteiger partial charge in [-0.25, -0.2) is 0 Å². The molecule has 0 aliphatic heterocycles. The third-order valence-corrected chi connectivity index (χ3v) is 4.68. The summed E-state index contributed by atoms with van der Waals surface area (Å²) < 4.78 is 10.8. The van der Waals surface area contributed by atoms with Crippen molar-refractivity contribution in [3.05, 3.63) is 77.2 Å².